The highest BCUT2D eigenvalue weighted by molar-refractivity contribution is 7.10. The van der Waals surface area contributed by atoms with E-state index in [4.69, 9.17) is 5.11 Å². The van der Waals surface area contributed by atoms with E-state index in [1.165, 1.54) is 11.1 Å². The molecule has 0 aromatic carbocycles. The largest absolute Gasteiger partial charge is 0.481 e. The van der Waals surface area contributed by atoms with Crippen molar-refractivity contribution in [2.24, 2.45) is 11.8 Å². The van der Waals surface area contributed by atoms with Crippen LogP contribution in [0.5, 0.6) is 0 Å². The molecular formula is C9H12N4O3S. The van der Waals surface area contributed by atoms with Gasteiger partial charge in [-0.3, -0.25) is 10.1 Å². The summed E-state index contributed by atoms with van der Waals surface area (Å²) in [5, 5.41) is 15.8. The monoisotopic (exact) mass is 256 g/mol. The fourth-order valence-corrected chi connectivity index (χ4v) is 2.27. The van der Waals surface area contributed by atoms with E-state index < -0.39 is 11.9 Å². The van der Waals surface area contributed by atoms with Gasteiger partial charge >= 0.3 is 12.0 Å². The van der Waals surface area contributed by atoms with Gasteiger partial charge in [0.25, 0.3) is 0 Å². The predicted octanol–water partition coefficient (Wildman–Crippen LogP) is 0.723. The summed E-state index contributed by atoms with van der Waals surface area (Å²) >= 11 is 1.08. The van der Waals surface area contributed by atoms with E-state index in [2.05, 4.69) is 14.9 Å². The Morgan fingerprint density at radius 2 is 2.35 bits per heavy atom. The molecular weight excluding hydrogens is 244 g/mol. The molecule has 2 N–H and O–H groups in total. The van der Waals surface area contributed by atoms with Gasteiger partial charge in [0, 0.05) is 24.6 Å². The van der Waals surface area contributed by atoms with Crippen LogP contribution in [0.15, 0.2) is 6.20 Å². The predicted molar refractivity (Wildman–Crippen MR) is 60.8 cm³/mol. The summed E-state index contributed by atoms with van der Waals surface area (Å²) < 4.78 is 3.62. The third-order valence-electron chi connectivity index (χ3n) is 2.81. The van der Waals surface area contributed by atoms with Crippen molar-refractivity contribution in [2.45, 2.75) is 6.92 Å². The Morgan fingerprint density at radius 1 is 1.59 bits per heavy atom. The minimum absolute atomic E-state index is 0.0298. The number of likely N-dealkylation sites (tertiary alicyclic amines) is 1. The smallest absolute Gasteiger partial charge is 0.322 e. The van der Waals surface area contributed by atoms with Gasteiger partial charge < -0.3 is 10.0 Å². The van der Waals surface area contributed by atoms with E-state index in [0.29, 0.717) is 11.5 Å². The molecule has 0 radical (unpaired) electrons. The van der Waals surface area contributed by atoms with Crippen LogP contribution in [0.4, 0.5) is 9.80 Å². The van der Waals surface area contributed by atoms with E-state index in [-0.39, 0.29) is 18.5 Å². The quantitative estimate of drug-likeness (QED) is 0.813. The second kappa shape index (κ2) is 4.66. The Labute approximate surface area is 102 Å². The van der Waals surface area contributed by atoms with Gasteiger partial charge in [-0.25, -0.2) is 4.79 Å². The van der Waals surface area contributed by atoms with Crippen LogP contribution < -0.4 is 5.32 Å². The number of carboxylic acids is 1. The number of carbonyl (C=O) groups excluding carboxylic acids is 1. The molecule has 0 saturated carbocycles. The standard InChI is InChI=1S/C9H12N4O3S/c1-5-3-13(4-6(5)8(14)15)9(16)11-7-2-10-12-17-7/h2,5-6H,3-4H2,1H3,(H,11,16)(H,14,15). The minimum Gasteiger partial charge on any atom is -0.481 e. The first-order chi connectivity index (χ1) is 8.08. The van der Waals surface area contributed by atoms with Crippen LogP contribution in [-0.4, -0.2) is 44.7 Å². The minimum atomic E-state index is -0.854. The zero-order valence-electron chi connectivity index (χ0n) is 9.16. The number of rotatable bonds is 2. The van der Waals surface area contributed by atoms with E-state index in [1.807, 2.05) is 6.92 Å². The van der Waals surface area contributed by atoms with Crippen molar-refractivity contribution in [3.05, 3.63) is 6.20 Å². The van der Waals surface area contributed by atoms with E-state index in [1.54, 1.807) is 0 Å². The lowest BCUT2D eigenvalue weighted by Crippen LogP contribution is -2.33. The first kappa shape index (κ1) is 11.8. The lowest BCUT2D eigenvalue weighted by molar-refractivity contribution is -0.142. The molecule has 1 aliphatic heterocycles. The van der Waals surface area contributed by atoms with Crippen molar-refractivity contribution in [3.63, 3.8) is 0 Å². The van der Waals surface area contributed by atoms with Gasteiger partial charge in [0.05, 0.1) is 12.1 Å². The van der Waals surface area contributed by atoms with Gasteiger partial charge in [0.2, 0.25) is 0 Å². The Hall–Kier alpha value is -1.70. The molecule has 2 atom stereocenters. The Morgan fingerprint density at radius 3 is 2.88 bits per heavy atom. The molecule has 1 saturated heterocycles. The lowest BCUT2D eigenvalue weighted by Gasteiger charge is -2.15. The van der Waals surface area contributed by atoms with Crippen molar-refractivity contribution in [1.29, 1.82) is 0 Å². The van der Waals surface area contributed by atoms with Gasteiger partial charge in [0.15, 0.2) is 0 Å². The zero-order valence-corrected chi connectivity index (χ0v) is 9.98. The normalized spacial score (nSPS) is 23.7. The SMILES string of the molecule is CC1CN(C(=O)Nc2cnns2)CC1C(=O)O. The molecule has 17 heavy (non-hydrogen) atoms. The van der Waals surface area contributed by atoms with Crippen molar-refractivity contribution in [3.8, 4) is 0 Å². The molecule has 1 fully saturated rings. The van der Waals surface area contributed by atoms with Crippen LogP contribution in [0.25, 0.3) is 0 Å². The van der Waals surface area contributed by atoms with Crippen molar-refractivity contribution in [1.82, 2.24) is 14.5 Å². The summed E-state index contributed by atoms with van der Waals surface area (Å²) in [4.78, 5) is 24.2. The first-order valence-corrected chi connectivity index (χ1v) is 5.91. The molecule has 2 unspecified atom stereocenters. The third kappa shape index (κ3) is 2.52. The molecule has 7 nitrogen and oxygen atoms in total. The fraction of sp³-hybridized carbons (Fsp3) is 0.556. The molecule has 0 spiro atoms. The molecule has 8 heteroatoms. The third-order valence-corrected chi connectivity index (χ3v) is 3.39. The maximum atomic E-state index is 11.8. The van der Waals surface area contributed by atoms with Gasteiger partial charge in [-0.05, 0) is 5.92 Å². The van der Waals surface area contributed by atoms with Gasteiger partial charge in [-0.15, -0.1) is 5.10 Å². The second-order valence-electron chi connectivity index (χ2n) is 4.04. The molecule has 2 amide bonds. The highest BCUT2D eigenvalue weighted by atomic mass is 32.1. The van der Waals surface area contributed by atoms with Crippen LogP contribution in [0.3, 0.4) is 0 Å². The maximum absolute atomic E-state index is 11.8. The summed E-state index contributed by atoms with van der Waals surface area (Å²) in [5.41, 5.74) is 0. The van der Waals surface area contributed by atoms with Crippen LogP contribution in [0, 0.1) is 11.8 Å². The van der Waals surface area contributed by atoms with Crippen LogP contribution in [0.1, 0.15) is 6.92 Å². The number of nitrogens with zero attached hydrogens (tertiary/aromatic N) is 3. The summed E-state index contributed by atoms with van der Waals surface area (Å²) in [6.45, 7) is 2.53. The maximum Gasteiger partial charge on any atom is 0.322 e. The highest BCUT2D eigenvalue weighted by Crippen LogP contribution is 2.24. The number of nitrogens with one attached hydrogen (secondary N) is 1. The van der Waals surface area contributed by atoms with Gasteiger partial charge in [-0.2, -0.15) is 0 Å². The summed E-state index contributed by atoms with van der Waals surface area (Å²) in [6.07, 6.45) is 1.46. The van der Waals surface area contributed by atoms with Crippen LogP contribution >= 0.6 is 11.5 Å². The molecule has 1 aromatic heterocycles. The number of carboxylic acid groups (broad SMARTS) is 1. The van der Waals surface area contributed by atoms with E-state index in [0.717, 1.165) is 11.5 Å². The summed E-state index contributed by atoms with van der Waals surface area (Å²) in [6, 6.07) is -0.299. The Kier molecular flexibility index (Phi) is 3.23. The molecule has 1 aromatic rings. The number of amides is 2. The fourth-order valence-electron chi connectivity index (χ4n) is 1.86. The summed E-state index contributed by atoms with van der Waals surface area (Å²) in [5.74, 6) is -1.37. The zero-order chi connectivity index (χ0) is 12.4. The molecule has 92 valence electrons. The van der Waals surface area contributed by atoms with Gasteiger partial charge in [-0.1, -0.05) is 11.4 Å². The van der Waals surface area contributed by atoms with E-state index in [9.17, 15) is 9.59 Å². The lowest BCUT2D eigenvalue weighted by atomic mass is 9.99. The average Bonchev–Trinajstić information content (AvgIpc) is 2.86. The Balaban J connectivity index is 1.96. The molecule has 2 heterocycles. The molecule has 2 rings (SSSR count). The van der Waals surface area contributed by atoms with Crippen molar-refractivity contribution >= 4 is 28.5 Å². The van der Waals surface area contributed by atoms with E-state index >= 15 is 0 Å². The average molecular weight is 256 g/mol. The van der Waals surface area contributed by atoms with Crippen molar-refractivity contribution < 1.29 is 14.7 Å². The summed E-state index contributed by atoms with van der Waals surface area (Å²) in [7, 11) is 0. The molecule has 0 bridgehead atoms. The molecule has 0 aliphatic carbocycles. The number of aliphatic carboxylic acids is 1. The second-order valence-corrected chi connectivity index (χ2v) is 4.82. The number of anilines is 1. The number of aromatic nitrogens is 2. The first-order valence-electron chi connectivity index (χ1n) is 5.14. The molecule has 1 aliphatic rings. The van der Waals surface area contributed by atoms with Crippen LogP contribution in [-0.2, 0) is 4.79 Å². The number of hydrogen-bond acceptors (Lipinski definition) is 5. The Bertz CT molecular complexity index is 422. The topological polar surface area (TPSA) is 95.4 Å². The number of hydrogen-bond donors (Lipinski definition) is 2. The number of carbonyl (C=O) groups is 2. The van der Waals surface area contributed by atoms with Gasteiger partial charge in [0.1, 0.15) is 5.00 Å². The highest BCUT2D eigenvalue weighted by Gasteiger charge is 2.37. The van der Waals surface area contributed by atoms with Crippen LogP contribution in [0.2, 0.25) is 0 Å². The number of urea groups is 1. The van der Waals surface area contributed by atoms with Crippen molar-refractivity contribution in [2.75, 3.05) is 18.4 Å².